The minimum absolute atomic E-state index is 0.635. The van der Waals surface area contributed by atoms with Crippen LogP contribution in [0.25, 0.3) is 0 Å². The molecule has 1 rings (SSSR count). The lowest BCUT2D eigenvalue weighted by atomic mass is 10.2. The van der Waals surface area contributed by atoms with Crippen molar-refractivity contribution in [1.82, 2.24) is 0 Å². The normalized spacial score (nSPS) is 8.16. The molecule has 0 amide bonds. The van der Waals surface area contributed by atoms with Crippen molar-refractivity contribution in [3.05, 3.63) is 30.4 Å². The molecule has 0 aliphatic heterocycles. The van der Waals surface area contributed by atoms with Crippen LogP contribution in [0.5, 0.6) is 17.2 Å². The first kappa shape index (κ1) is 19.7. The summed E-state index contributed by atoms with van der Waals surface area (Å²) in [5.74, 6) is 2.02. The van der Waals surface area contributed by atoms with Crippen LogP contribution in [0.1, 0.15) is 32.8 Å². The zero-order chi connectivity index (χ0) is 15.3. The molecular weight excluding hydrogens is 240 g/mol. The molecule has 110 valence electrons. The van der Waals surface area contributed by atoms with Crippen LogP contribution >= 0.6 is 0 Å². The van der Waals surface area contributed by atoms with Crippen molar-refractivity contribution in [1.29, 1.82) is 0 Å². The lowest BCUT2D eigenvalue weighted by Gasteiger charge is -2.12. The van der Waals surface area contributed by atoms with E-state index in [9.17, 15) is 0 Å². The van der Waals surface area contributed by atoms with E-state index in [4.69, 9.17) is 14.2 Å². The van der Waals surface area contributed by atoms with Gasteiger partial charge < -0.3 is 14.2 Å². The summed E-state index contributed by atoms with van der Waals surface area (Å²) in [6.07, 6.45) is 2.96. The number of aryl methyl sites for hydroxylation is 1. The van der Waals surface area contributed by atoms with Crippen LogP contribution in [-0.4, -0.2) is 21.3 Å². The third-order valence-corrected chi connectivity index (χ3v) is 2.10. The Morgan fingerprint density at radius 2 is 1.37 bits per heavy atom. The highest BCUT2D eigenvalue weighted by atomic mass is 16.5. The quantitative estimate of drug-likeness (QED) is 0.745. The molecule has 0 aliphatic carbocycles. The van der Waals surface area contributed by atoms with Gasteiger partial charge in [0.15, 0.2) is 11.5 Å². The fourth-order valence-electron chi connectivity index (χ4n) is 1.21. The van der Waals surface area contributed by atoms with Crippen LogP contribution in [0.15, 0.2) is 24.8 Å². The lowest BCUT2D eigenvalue weighted by Crippen LogP contribution is -1.95. The second-order valence-electron chi connectivity index (χ2n) is 3.40. The van der Waals surface area contributed by atoms with Crippen molar-refractivity contribution in [3.63, 3.8) is 0 Å². The van der Waals surface area contributed by atoms with E-state index in [-0.39, 0.29) is 0 Å². The van der Waals surface area contributed by atoms with Crippen LogP contribution in [-0.2, 0) is 0 Å². The largest absolute Gasteiger partial charge is 0.493 e. The van der Waals surface area contributed by atoms with Gasteiger partial charge in [-0.05, 0) is 31.0 Å². The van der Waals surface area contributed by atoms with Gasteiger partial charge in [-0.3, -0.25) is 0 Å². The zero-order valence-electron chi connectivity index (χ0n) is 13.4. The second-order valence-corrected chi connectivity index (χ2v) is 3.40. The molecule has 0 fully saturated rings. The number of methoxy groups -OCH3 is 3. The highest BCUT2D eigenvalue weighted by Gasteiger charge is 2.10. The van der Waals surface area contributed by atoms with Crippen molar-refractivity contribution in [2.45, 2.75) is 34.1 Å². The SMILES string of the molecule is C=CCC.CC.COc1cc(C)cc(OC)c1OC. The molecule has 0 aliphatic rings. The summed E-state index contributed by atoms with van der Waals surface area (Å²) >= 11 is 0. The maximum Gasteiger partial charge on any atom is 0.203 e. The Morgan fingerprint density at radius 3 is 1.58 bits per heavy atom. The molecule has 0 saturated heterocycles. The molecule has 0 N–H and O–H groups in total. The Bertz CT molecular complexity index is 321. The molecule has 0 saturated carbocycles. The Balaban J connectivity index is 0. The third kappa shape index (κ3) is 7.39. The third-order valence-electron chi connectivity index (χ3n) is 2.10. The summed E-state index contributed by atoms with van der Waals surface area (Å²) in [5, 5.41) is 0. The summed E-state index contributed by atoms with van der Waals surface area (Å²) in [6.45, 7) is 11.5. The minimum Gasteiger partial charge on any atom is -0.493 e. The Hall–Kier alpha value is -1.64. The smallest absolute Gasteiger partial charge is 0.203 e. The number of rotatable bonds is 4. The molecular formula is C16H28O3. The van der Waals surface area contributed by atoms with Crippen LogP contribution in [0, 0.1) is 6.92 Å². The molecule has 0 atom stereocenters. The minimum atomic E-state index is 0.635. The van der Waals surface area contributed by atoms with E-state index in [1.54, 1.807) is 21.3 Å². The van der Waals surface area contributed by atoms with Crippen LogP contribution in [0.4, 0.5) is 0 Å². The first-order chi connectivity index (χ1) is 9.14. The van der Waals surface area contributed by atoms with E-state index in [2.05, 4.69) is 13.5 Å². The lowest BCUT2D eigenvalue weighted by molar-refractivity contribution is 0.324. The summed E-state index contributed by atoms with van der Waals surface area (Å²) in [6, 6.07) is 3.81. The van der Waals surface area contributed by atoms with E-state index < -0.39 is 0 Å². The summed E-state index contributed by atoms with van der Waals surface area (Å²) < 4.78 is 15.5. The molecule has 3 heteroatoms. The number of ether oxygens (including phenoxy) is 3. The predicted molar refractivity (Wildman–Crippen MR) is 82.7 cm³/mol. The fourth-order valence-corrected chi connectivity index (χ4v) is 1.21. The van der Waals surface area contributed by atoms with Crippen LogP contribution in [0.3, 0.4) is 0 Å². The molecule has 1 aromatic carbocycles. The molecule has 0 radical (unpaired) electrons. The van der Waals surface area contributed by atoms with E-state index in [0.29, 0.717) is 17.2 Å². The van der Waals surface area contributed by atoms with Gasteiger partial charge in [0, 0.05) is 0 Å². The average molecular weight is 268 g/mol. The molecule has 0 bridgehead atoms. The number of allylic oxidation sites excluding steroid dienone is 1. The average Bonchev–Trinajstić information content (AvgIpc) is 2.48. The summed E-state index contributed by atoms with van der Waals surface area (Å²) in [7, 11) is 4.81. The van der Waals surface area contributed by atoms with Gasteiger partial charge in [-0.25, -0.2) is 0 Å². The topological polar surface area (TPSA) is 27.7 Å². The van der Waals surface area contributed by atoms with E-state index in [1.807, 2.05) is 39.0 Å². The maximum atomic E-state index is 5.16. The zero-order valence-corrected chi connectivity index (χ0v) is 13.4. The predicted octanol–water partition coefficient (Wildman–Crippen LogP) is 4.63. The molecule has 3 nitrogen and oxygen atoms in total. The monoisotopic (exact) mass is 268 g/mol. The van der Waals surface area contributed by atoms with Crippen molar-refractivity contribution in [3.8, 4) is 17.2 Å². The Labute approximate surface area is 118 Å². The standard InChI is InChI=1S/C10H14O3.C4H8.C2H6/c1-7-5-8(11-2)10(13-4)9(6-7)12-3;1-3-4-2;1-2/h5-6H,1-4H3;3H,1,4H2,2H3;1-2H3. The number of hydrogen-bond acceptors (Lipinski definition) is 3. The maximum absolute atomic E-state index is 5.16. The number of hydrogen-bond donors (Lipinski definition) is 0. The molecule has 0 heterocycles. The van der Waals surface area contributed by atoms with Gasteiger partial charge in [0.2, 0.25) is 5.75 Å². The fraction of sp³-hybridized carbons (Fsp3) is 0.500. The van der Waals surface area contributed by atoms with Crippen molar-refractivity contribution in [2.75, 3.05) is 21.3 Å². The molecule has 19 heavy (non-hydrogen) atoms. The van der Waals surface area contributed by atoms with Gasteiger partial charge in [0.25, 0.3) is 0 Å². The second kappa shape index (κ2) is 12.8. The van der Waals surface area contributed by atoms with Gasteiger partial charge in [0.05, 0.1) is 21.3 Å². The van der Waals surface area contributed by atoms with Gasteiger partial charge >= 0.3 is 0 Å². The summed E-state index contributed by atoms with van der Waals surface area (Å²) in [4.78, 5) is 0. The van der Waals surface area contributed by atoms with Gasteiger partial charge in [-0.2, -0.15) is 0 Å². The van der Waals surface area contributed by atoms with E-state index in [1.165, 1.54) is 0 Å². The molecule has 0 spiro atoms. The Kier molecular flexibility index (Phi) is 13.3. The van der Waals surface area contributed by atoms with E-state index in [0.717, 1.165) is 12.0 Å². The van der Waals surface area contributed by atoms with Gasteiger partial charge in [-0.1, -0.05) is 26.8 Å². The van der Waals surface area contributed by atoms with E-state index >= 15 is 0 Å². The highest BCUT2D eigenvalue weighted by Crippen LogP contribution is 2.37. The summed E-state index contributed by atoms with van der Waals surface area (Å²) in [5.41, 5.74) is 1.08. The first-order valence-electron chi connectivity index (χ1n) is 6.52. The van der Waals surface area contributed by atoms with Crippen molar-refractivity contribution < 1.29 is 14.2 Å². The van der Waals surface area contributed by atoms with Gasteiger partial charge in [0.1, 0.15) is 0 Å². The van der Waals surface area contributed by atoms with Crippen LogP contribution in [0.2, 0.25) is 0 Å². The van der Waals surface area contributed by atoms with Crippen molar-refractivity contribution >= 4 is 0 Å². The van der Waals surface area contributed by atoms with Crippen LogP contribution < -0.4 is 14.2 Å². The highest BCUT2D eigenvalue weighted by molar-refractivity contribution is 5.53. The van der Waals surface area contributed by atoms with Crippen molar-refractivity contribution in [2.24, 2.45) is 0 Å². The Morgan fingerprint density at radius 1 is 1.00 bits per heavy atom. The molecule has 1 aromatic rings. The number of benzene rings is 1. The van der Waals surface area contributed by atoms with Gasteiger partial charge in [-0.15, -0.1) is 6.58 Å². The molecule has 0 aromatic heterocycles. The first-order valence-corrected chi connectivity index (χ1v) is 6.52. The molecule has 0 unspecified atom stereocenters.